The smallest absolute Gasteiger partial charge is 0.0696 e. The first-order chi connectivity index (χ1) is 9.88. The Labute approximate surface area is 130 Å². The van der Waals surface area contributed by atoms with E-state index in [9.17, 15) is 0 Å². The van der Waals surface area contributed by atoms with E-state index in [0.29, 0.717) is 11.8 Å². The summed E-state index contributed by atoms with van der Waals surface area (Å²) in [6.07, 6.45) is 4.50. The van der Waals surface area contributed by atoms with Crippen LogP contribution in [-0.4, -0.2) is 12.7 Å². The molecule has 1 saturated carbocycles. The van der Waals surface area contributed by atoms with E-state index >= 15 is 0 Å². The number of methoxy groups -OCH3 is 1. The molecule has 0 radical (unpaired) electrons. The summed E-state index contributed by atoms with van der Waals surface area (Å²) < 4.78 is 5.75. The van der Waals surface area contributed by atoms with Gasteiger partial charge in [0.25, 0.3) is 0 Å². The summed E-state index contributed by atoms with van der Waals surface area (Å²) >= 11 is 0. The Morgan fingerprint density at radius 1 is 1.10 bits per heavy atom. The lowest BCUT2D eigenvalue weighted by atomic mass is 9.74. The predicted octanol–water partition coefficient (Wildman–Crippen LogP) is 4.89. The highest BCUT2D eigenvalue weighted by molar-refractivity contribution is 5.37. The number of benzene rings is 1. The maximum absolute atomic E-state index is 6.55. The third-order valence-electron chi connectivity index (χ3n) is 5.09. The SMILES string of the molecule is COC1(CC(N)c2ccc(C(C)C)cc2C(C)C)CCC1. The molecule has 118 valence electrons. The molecule has 21 heavy (non-hydrogen) atoms. The molecule has 1 atom stereocenters. The molecule has 0 amide bonds. The van der Waals surface area contributed by atoms with Crippen molar-refractivity contribution in [1.82, 2.24) is 0 Å². The summed E-state index contributed by atoms with van der Waals surface area (Å²) in [5.74, 6) is 1.06. The van der Waals surface area contributed by atoms with Crippen LogP contribution in [0.4, 0.5) is 0 Å². The second-order valence-electron chi connectivity index (χ2n) is 7.25. The van der Waals surface area contributed by atoms with Crippen molar-refractivity contribution in [1.29, 1.82) is 0 Å². The number of hydrogen-bond acceptors (Lipinski definition) is 2. The number of nitrogens with two attached hydrogens (primary N) is 1. The molecule has 1 fully saturated rings. The molecule has 0 aliphatic heterocycles. The predicted molar refractivity (Wildman–Crippen MR) is 89.8 cm³/mol. The van der Waals surface area contributed by atoms with Gasteiger partial charge in [-0.1, -0.05) is 45.9 Å². The van der Waals surface area contributed by atoms with Gasteiger partial charge in [0.15, 0.2) is 0 Å². The van der Waals surface area contributed by atoms with E-state index in [2.05, 4.69) is 45.9 Å². The zero-order valence-corrected chi connectivity index (χ0v) is 14.3. The molecule has 0 saturated heterocycles. The van der Waals surface area contributed by atoms with Crippen LogP contribution < -0.4 is 5.73 Å². The first-order valence-electron chi connectivity index (χ1n) is 8.33. The van der Waals surface area contributed by atoms with Crippen LogP contribution in [0.3, 0.4) is 0 Å². The van der Waals surface area contributed by atoms with E-state index in [0.717, 1.165) is 19.3 Å². The molecule has 0 heterocycles. The Bertz CT molecular complexity index is 469. The minimum Gasteiger partial charge on any atom is -0.378 e. The summed E-state index contributed by atoms with van der Waals surface area (Å²) in [7, 11) is 1.83. The van der Waals surface area contributed by atoms with Gasteiger partial charge in [-0.2, -0.15) is 0 Å². The molecule has 2 rings (SSSR count). The monoisotopic (exact) mass is 289 g/mol. The molecule has 2 heteroatoms. The van der Waals surface area contributed by atoms with E-state index in [1.807, 2.05) is 7.11 Å². The van der Waals surface area contributed by atoms with Crippen LogP contribution in [0.25, 0.3) is 0 Å². The molecular formula is C19H31NO. The molecule has 0 bridgehead atoms. The number of hydrogen-bond donors (Lipinski definition) is 1. The third kappa shape index (κ3) is 3.49. The summed E-state index contributed by atoms with van der Waals surface area (Å²) in [6, 6.07) is 6.91. The van der Waals surface area contributed by atoms with Crippen LogP contribution in [0.15, 0.2) is 18.2 Å². The fourth-order valence-corrected chi connectivity index (χ4v) is 3.36. The molecule has 2 nitrogen and oxygen atoms in total. The highest BCUT2D eigenvalue weighted by Gasteiger charge is 2.38. The first kappa shape index (κ1) is 16.5. The van der Waals surface area contributed by atoms with Crippen molar-refractivity contribution >= 4 is 0 Å². The van der Waals surface area contributed by atoms with E-state index < -0.39 is 0 Å². The molecule has 1 aromatic carbocycles. The Hall–Kier alpha value is -0.860. The average molecular weight is 289 g/mol. The van der Waals surface area contributed by atoms with Crippen molar-refractivity contribution in [2.75, 3.05) is 7.11 Å². The Morgan fingerprint density at radius 2 is 1.76 bits per heavy atom. The normalized spacial score (nSPS) is 18.9. The zero-order valence-electron chi connectivity index (χ0n) is 14.3. The van der Waals surface area contributed by atoms with Crippen molar-refractivity contribution < 1.29 is 4.74 Å². The van der Waals surface area contributed by atoms with Gasteiger partial charge in [-0.25, -0.2) is 0 Å². The maximum atomic E-state index is 6.55. The highest BCUT2D eigenvalue weighted by atomic mass is 16.5. The van der Waals surface area contributed by atoms with Gasteiger partial charge < -0.3 is 10.5 Å². The van der Waals surface area contributed by atoms with Crippen molar-refractivity contribution in [3.05, 3.63) is 34.9 Å². The van der Waals surface area contributed by atoms with Crippen LogP contribution >= 0.6 is 0 Å². The summed E-state index contributed by atoms with van der Waals surface area (Å²) in [5.41, 5.74) is 10.7. The molecular weight excluding hydrogens is 258 g/mol. The van der Waals surface area contributed by atoms with Crippen LogP contribution in [-0.2, 0) is 4.74 Å². The van der Waals surface area contributed by atoms with Crippen LogP contribution in [0, 0.1) is 0 Å². The van der Waals surface area contributed by atoms with Crippen LogP contribution in [0.5, 0.6) is 0 Å². The molecule has 2 N–H and O–H groups in total. The third-order valence-corrected chi connectivity index (χ3v) is 5.09. The molecule has 0 aromatic heterocycles. The fraction of sp³-hybridized carbons (Fsp3) is 0.684. The van der Waals surface area contributed by atoms with Crippen molar-refractivity contribution in [2.24, 2.45) is 5.73 Å². The van der Waals surface area contributed by atoms with Crippen LogP contribution in [0.1, 0.15) is 87.9 Å². The van der Waals surface area contributed by atoms with Gasteiger partial charge in [-0.05, 0) is 54.2 Å². The van der Waals surface area contributed by atoms with E-state index in [-0.39, 0.29) is 11.6 Å². The molecule has 0 spiro atoms. The Morgan fingerprint density at radius 3 is 2.19 bits per heavy atom. The topological polar surface area (TPSA) is 35.2 Å². The van der Waals surface area contributed by atoms with Gasteiger partial charge in [0.1, 0.15) is 0 Å². The standard InChI is InChI=1S/C19H31NO/c1-13(2)15-7-8-16(17(11-15)14(3)4)18(20)12-19(21-5)9-6-10-19/h7-8,11,13-14,18H,6,9-10,12,20H2,1-5H3. The van der Waals surface area contributed by atoms with Gasteiger partial charge in [0.05, 0.1) is 5.60 Å². The fourth-order valence-electron chi connectivity index (χ4n) is 3.36. The minimum absolute atomic E-state index is 0.0321. The second kappa shape index (κ2) is 6.50. The maximum Gasteiger partial charge on any atom is 0.0696 e. The van der Waals surface area contributed by atoms with Crippen molar-refractivity contribution in [2.45, 2.75) is 76.9 Å². The minimum atomic E-state index is 0.0321. The number of ether oxygens (including phenoxy) is 1. The van der Waals surface area contributed by atoms with E-state index in [1.165, 1.54) is 23.1 Å². The highest BCUT2D eigenvalue weighted by Crippen LogP contribution is 2.42. The van der Waals surface area contributed by atoms with Crippen molar-refractivity contribution in [3.63, 3.8) is 0 Å². The van der Waals surface area contributed by atoms with E-state index in [4.69, 9.17) is 10.5 Å². The van der Waals surface area contributed by atoms with Gasteiger partial charge in [-0.15, -0.1) is 0 Å². The lowest BCUT2D eigenvalue weighted by Gasteiger charge is -2.42. The molecule has 1 unspecified atom stereocenters. The van der Waals surface area contributed by atoms with Crippen molar-refractivity contribution in [3.8, 4) is 0 Å². The van der Waals surface area contributed by atoms with E-state index in [1.54, 1.807) is 0 Å². The van der Waals surface area contributed by atoms with Gasteiger partial charge in [-0.3, -0.25) is 0 Å². The lowest BCUT2D eigenvalue weighted by molar-refractivity contribution is -0.0817. The molecule has 1 aliphatic carbocycles. The Balaban J connectivity index is 2.25. The van der Waals surface area contributed by atoms with Crippen LogP contribution in [0.2, 0.25) is 0 Å². The quantitative estimate of drug-likeness (QED) is 0.809. The van der Waals surface area contributed by atoms with Gasteiger partial charge in [0, 0.05) is 13.2 Å². The van der Waals surface area contributed by atoms with Gasteiger partial charge in [0.2, 0.25) is 0 Å². The summed E-state index contributed by atoms with van der Waals surface area (Å²) in [4.78, 5) is 0. The summed E-state index contributed by atoms with van der Waals surface area (Å²) in [6.45, 7) is 9.00. The summed E-state index contributed by atoms with van der Waals surface area (Å²) in [5, 5.41) is 0. The van der Waals surface area contributed by atoms with Gasteiger partial charge >= 0.3 is 0 Å². The largest absolute Gasteiger partial charge is 0.378 e. The average Bonchev–Trinajstić information content (AvgIpc) is 2.41. The lowest BCUT2D eigenvalue weighted by Crippen LogP contribution is -2.42. The first-order valence-corrected chi connectivity index (χ1v) is 8.33. The number of rotatable bonds is 6. The second-order valence-corrected chi connectivity index (χ2v) is 7.25. The Kier molecular flexibility index (Phi) is 5.11. The molecule has 1 aromatic rings. The molecule has 1 aliphatic rings. The zero-order chi connectivity index (χ0) is 15.6.